The first-order valence-electron chi connectivity index (χ1n) is 8.44. The molecule has 110 valence electrons. The summed E-state index contributed by atoms with van der Waals surface area (Å²) >= 11 is 0. The van der Waals surface area contributed by atoms with Crippen LogP contribution in [0.5, 0.6) is 0 Å². The average molecular weight is 279 g/mol. The first-order chi connectivity index (χ1) is 10.1. The number of hydrogen-bond donors (Lipinski definition) is 1. The molecule has 21 heavy (non-hydrogen) atoms. The van der Waals surface area contributed by atoms with Gasteiger partial charge in [-0.15, -0.1) is 0 Å². The second kappa shape index (κ2) is 4.76. The molecule has 0 spiro atoms. The van der Waals surface area contributed by atoms with Crippen molar-refractivity contribution in [1.29, 1.82) is 0 Å². The van der Waals surface area contributed by atoms with Crippen molar-refractivity contribution < 1.29 is 0 Å². The quantitative estimate of drug-likeness (QED) is 0.661. The molecule has 0 fully saturated rings. The van der Waals surface area contributed by atoms with Crippen molar-refractivity contribution in [2.75, 3.05) is 11.9 Å². The van der Waals surface area contributed by atoms with Gasteiger partial charge in [-0.1, -0.05) is 32.0 Å². The maximum Gasteiger partial charge on any atom is 0.0379 e. The normalized spacial score (nSPS) is 20.3. The van der Waals surface area contributed by atoms with Crippen molar-refractivity contribution >= 4 is 16.5 Å². The van der Waals surface area contributed by atoms with E-state index in [1.807, 2.05) is 0 Å². The van der Waals surface area contributed by atoms with Crippen molar-refractivity contribution in [1.82, 2.24) is 0 Å². The molecule has 1 nitrogen and oxygen atoms in total. The van der Waals surface area contributed by atoms with Crippen LogP contribution in [0.1, 0.15) is 49.8 Å². The van der Waals surface area contributed by atoms with Crippen LogP contribution in [0.25, 0.3) is 10.8 Å². The van der Waals surface area contributed by atoms with Crippen LogP contribution in [-0.2, 0) is 19.3 Å². The number of rotatable bonds is 0. The van der Waals surface area contributed by atoms with Crippen LogP contribution in [-0.4, -0.2) is 6.54 Å². The van der Waals surface area contributed by atoms with Gasteiger partial charge in [-0.25, -0.2) is 0 Å². The van der Waals surface area contributed by atoms with Gasteiger partial charge in [-0.2, -0.15) is 0 Å². The fourth-order valence-electron chi connectivity index (χ4n) is 3.99. The van der Waals surface area contributed by atoms with E-state index in [2.05, 4.69) is 43.4 Å². The Morgan fingerprint density at radius 3 is 2.52 bits per heavy atom. The zero-order valence-electron chi connectivity index (χ0n) is 13.3. The zero-order valence-corrected chi connectivity index (χ0v) is 13.3. The Morgan fingerprint density at radius 1 is 0.952 bits per heavy atom. The second-order valence-electron chi connectivity index (χ2n) is 7.63. The maximum atomic E-state index is 3.56. The van der Waals surface area contributed by atoms with Crippen LogP contribution in [0.4, 0.5) is 5.69 Å². The monoisotopic (exact) mass is 279 g/mol. The standard InChI is InChI=1S/C20H25N/c1-20(2)9-7-14-12-16-5-6-19-17(4-3-11-21-19)18(16)13-15(14)8-10-20/h5-6,12-13,21H,3-4,7-11H2,1-2H3. The minimum atomic E-state index is 0.492. The Labute approximate surface area is 127 Å². The third-order valence-corrected chi connectivity index (χ3v) is 5.51. The van der Waals surface area contributed by atoms with E-state index < -0.39 is 0 Å². The van der Waals surface area contributed by atoms with Gasteiger partial charge in [0.2, 0.25) is 0 Å². The van der Waals surface area contributed by atoms with E-state index in [4.69, 9.17) is 0 Å². The molecular weight excluding hydrogens is 254 g/mol. The Bertz CT molecular complexity index is 697. The van der Waals surface area contributed by atoms with E-state index in [0.29, 0.717) is 5.41 Å². The van der Waals surface area contributed by atoms with Crippen LogP contribution in [0.15, 0.2) is 24.3 Å². The van der Waals surface area contributed by atoms with Gasteiger partial charge in [0.15, 0.2) is 0 Å². The van der Waals surface area contributed by atoms with E-state index in [9.17, 15) is 0 Å². The molecule has 0 saturated heterocycles. The minimum Gasteiger partial charge on any atom is -0.385 e. The lowest BCUT2D eigenvalue weighted by Gasteiger charge is -2.21. The molecule has 2 aromatic rings. The molecule has 0 unspecified atom stereocenters. The largest absolute Gasteiger partial charge is 0.385 e. The van der Waals surface area contributed by atoms with Gasteiger partial charge in [-0.05, 0) is 77.5 Å². The Hall–Kier alpha value is -1.50. The lowest BCUT2D eigenvalue weighted by molar-refractivity contribution is 0.317. The highest BCUT2D eigenvalue weighted by molar-refractivity contribution is 5.91. The van der Waals surface area contributed by atoms with Crippen molar-refractivity contribution in [3.63, 3.8) is 0 Å². The summed E-state index contributed by atoms with van der Waals surface area (Å²) in [4.78, 5) is 0. The van der Waals surface area contributed by atoms with Crippen molar-refractivity contribution in [3.8, 4) is 0 Å². The number of nitrogens with one attached hydrogen (secondary N) is 1. The molecule has 0 atom stereocenters. The van der Waals surface area contributed by atoms with Gasteiger partial charge in [0, 0.05) is 12.2 Å². The summed E-state index contributed by atoms with van der Waals surface area (Å²) in [5.41, 5.74) is 6.60. The molecule has 0 saturated carbocycles. The smallest absolute Gasteiger partial charge is 0.0379 e. The Kier molecular flexibility index (Phi) is 2.99. The summed E-state index contributed by atoms with van der Waals surface area (Å²) in [5.74, 6) is 0. The van der Waals surface area contributed by atoms with E-state index in [1.54, 1.807) is 16.7 Å². The Balaban J connectivity index is 1.86. The van der Waals surface area contributed by atoms with Crippen molar-refractivity contribution in [3.05, 3.63) is 41.0 Å². The maximum absolute atomic E-state index is 3.56. The lowest BCUT2D eigenvalue weighted by Crippen LogP contribution is -2.12. The molecule has 4 rings (SSSR count). The molecule has 0 aromatic heterocycles. The van der Waals surface area contributed by atoms with Crippen molar-refractivity contribution in [2.45, 2.75) is 52.4 Å². The van der Waals surface area contributed by atoms with Crippen LogP contribution < -0.4 is 5.32 Å². The Morgan fingerprint density at radius 2 is 1.71 bits per heavy atom. The fourth-order valence-corrected chi connectivity index (χ4v) is 3.99. The van der Waals surface area contributed by atoms with Crippen LogP contribution >= 0.6 is 0 Å². The molecule has 2 aromatic carbocycles. The summed E-state index contributed by atoms with van der Waals surface area (Å²) < 4.78 is 0. The molecule has 1 aliphatic heterocycles. The fraction of sp³-hybridized carbons (Fsp3) is 0.500. The molecule has 1 aliphatic carbocycles. The van der Waals surface area contributed by atoms with E-state index >= 15 is 0 Å². The predicted molar refractivity (Wildman–Crippen MR) is 91.2 cm³/mol. The molecule has 1 heteroatoms. The number of anilines is 1. The highest BCUT2D eigenvalue weighted by Gasteiger charge is 2.23. The molecule has 1 N–H and O–H groups in total. The third kappa shape index (κ3) is 2.33. The van der Waals surface area contributed by atoms with Gasteiger partial charge in [0.1, 0.15) is 0 Å². The third-order valence-electron chi connectivity index (χ3n) is 5.51. The predicted octanol–water partition coefficient (Wildman–Crippen LogP) is 5.10. The van der Waals surface area contributed by atoms with Gasteiger partial charge in [-0.3, -0.25) is 0 Å². The number of fused-ring (bicyclic) bond motifs is 4. The van der Waals surface area contributed by atoms with Crippen LogP contribution in [0.3, 0.4) is 0 Å². The van der Waals surface area contributed by atoms with Gasteiger partial charge in [0.05, 0.1) is 0 Å². The second-order valence-corrected chi connectivity index (χ2v) is 7.63. The molecule has 0 amide bonds. The summed E-state index contributed by atoms with van der Waals surface area (Å²) in [6, 6.07) is 9.57. The molecule has 0 radical (unpaired) electrons. The van der Waals surface area contributed by atoms with Crippen LogP contribution in [0.2, 0.25) is 0 Å². The summed E-state index contributed by atoms with van der Waals surface area (Å²) in [6.07, 6.45) is 7.61. The number of hydrogen-bond acceptors (Lipinski definition) is 1. The first-order valence-corrected chi connectivity index (χ1v) is 8.44. The summed E-state index contributed by atoms with van der Waals surface area (Å²) in [5, 5.41) is 6.50. The molecule has 1 heterocycles. The number of aryl methyl sites for hydroxylation is 3. The van der Waals surface area contributed by atoms with E-state index in [1.165, 1.54) is 55.0 Å². The van der Waals surface area contributed by atoms with Gasteiger partial charge >= 0.3 is 0 Å². The molecular formula is C20H25N. The lowest BCUT2D eigenvalue weighted by atomic mass is 9.85. The molecule has 2 aliphatic rings. The van der Waals surface area contributed by atoms with Gasteiger partial charge < -0.3 is 5.32 Å². The topological polar surface area (TPSA) is 12.0 Å². The first kappa shape index (κ1) is 13.2. The highest BCUT2D eigenvalue weighted by atomic mass is 14.9. The van der Waals surface area contributed by atoms with Crippen molar-refractivity contribution in [2.24, 2.45) is 5.41 Å². The van der Waals surface area contributed by atoms with E-state index in [-0.39, 0.29) is 0 Å². The molecule has 0 bridgehead atoms. The number of benzene rings is 2. The van der Waals surface area contributed by atoms with Gasteiger partial charge in [0.25, 0.3) is 0 Å². The average Bonchev–Trinajstić information content (AvgIpc) is 2.64. The van der Waals surface area contributed by atoms with Crippen LogP contribution in [0, 0.1) is 5.41 Å². The van der Waals surface area contributed by atoms with E-state index in [0.717, 1.165) is 6.54 Å². The summed E-state index contributed by atoms with van der Waals surface area (Å²) in [6.45, 7) is 5.96. The SMILES string of the molecule is CC1(C)CCc2cc3ccc4c(c3cc2CC1)CCCN4. The summed E-state index contributed by atoms with van der Waals surface area (Å²) in [7, 11) is 0. The minimum absolute atomic E-state index is 0.492. The zero-order chi connectivity index (χ0) is 14.4. The highest BCUT2D eigenvalue weighted by Crippen LogP contribution is 2.37.